The number of rotatable bonds is 3. The predicted molar refractivity (Wildman–Crippen MR) is 55.5 cm³/mol. The molecule has 0 saturated heterocycles. The summed E-state index contributed by atoms with van der Waals surface area (Å²) in [6.45, 7) is 0. The molecule has 0 atom stereocenters. The van der Waals surface area contributed by atoms with Crippen LogP contribution in [0.25, 0.3) is 0 Å². The van der Waals surface area contributed by atoms with Gasteiger partial charge in [0.05, 0.1) is 8.49 Å². The number of pyridine rings is 1. The standard InChI is InChI=1S/C7H3F2IN2O4/c8-6(9)3-2(12(15)16)1-11-5(4(3)10)7(13)14/h1,6H,(H,13,14). The number of aromatic nitrogens is 1. The van der Waals surface area contributed by atoms with Gasteiger partial charge in [0.15, 0.2) is 5.69 Å². The lowest BCUT2D eigenvalue weighted by atomic mass is 10.2. The molecule has 1 rings (SSSR count). The summed E-state index contributed by atoms with van der Waals surface area (Å²) in [6.07, 6.45) is -2.61. The molecular formula is C7H3F2IN2O4. The Morgan fingerprint density at radius 2 is 2.19 bits per heavy atom. The number of carboxylic acid groups (broad SMARTS) is 1. The largest absolute Gasteiger partial charge is 0.476 e. The first kappa shape index (κ1) is 12.7. The Hall–Kier alpha value is -1.39. The summed E-state index contributed by atoms with van der Waals surface area (Å²) in [5.74, 6) is -1.51. The van der Waals surface area contributed by atoms with E-state index in [2.05, 4.69) is 4.98 Å². The van der Waals surface area contributed by atoms with Gasteiger partial charge in [0.2, 0.25) is 0 Å². The summed E-state index contributed by atoms with van der Waals surface area (Å²) < 4.78 is 24.7. The number of hydrogen-bond donors (Lipinski definition) is 1. The number of alkyl halides is 2. The zero-order chi connectivity index (χ0) is 12.5. The van der Waals surface area contributed by atoms with Crippen molar-refractivity contribution in [2.45, 2.75) is 6.43 Å². The molecule has 1 heterocycles. The second kappa shape index (κ2) is 4.63. The Kier molecular flexibility index (Phi) is 3.67. The van der Waals surface area contributed by atoms with Crippen molar-refractivity contribution < 1.29 is 23.6 Å². The van der Waals surface area contributed by atoms with Crippen molar-refractivity contribution in [1.82, 2.24) is 4.98 Å². The highest BCUT2D eigenvalue weighted by atomic mass is 127. The van der Waals surface area contributed by atoms with Crippen molar-refractivity contribution in [3.63, 3.8) is 0 Å². The van der Waals surface area contributed by atoms with Gasteiger partial charge < -0.3 is 5.11 Å². The van der Waals surface area contributed by atoms with Crippen LogP contribution in [0.5, 0.6) is 0 Å². The van der Waals surface area contributed by atoms with Crippen LogP contribution in [0.3, 0.4) is 0 Å². The van der Waals surface area contributed by atoms with Crippen molar-refractivity contribution in [3.8, 4) is 0 Å². The SMILES string of the molecule is O=C(O)c1ncc([N+](=O)[O-])c(C(F)F)c1I. The normalized spacial score (nSPS) is 10.5. The van der Waals surface area contributed by atoms with Crippen LogP contribution in [0.2, 0.25) is 0 Å². The van der Waals surface area contributed by atoms with Crippen molar-refractivity contribution in [2.75, 3.05) is 0 Å². The fourth-order valence-corrected chi connectivity index (χ4v) is 1.88. The molecule has 9 heteroatoms. The highest BCUT2D eigenvalue weighted by Crippen LogP contribution is 2.33. The molecule has 0 saturated carbocycles. The van der Waals surface area contributed by atoms with Crippen LogP contribution < -0.4 is 0 Å². The Morgan fingerprint density at radius 1 is 1.62 bits per heavy atom. The number of carbonyl (C=O) groups is 1. The first-order valence-electron chi connectivity index (χ1n) is 3.70. The molecule has 6 nitrogen and oxygen atoms in total. The molecule has 16 heavy (non-hydrogen) atoms. The summed E-state index contributed by atoms with van der Waals surface area (Å²) in [4.78, 5) is 23.3. The van der Waals surface area contributed by atoms with E-state index in [1.165, 1.54) is 22.6 Å². The summed E-state index contributed by atoms with van der Waals surface area (Å²) in [7, 11) is 0. The first-order valence-corrected chi connectivity index (χ1v) is 4.78. The molecule has 0 spiro atoms. The van der Waals surface area contributed by atoms with E-state index in [0.29, 0.717) is 6.20 Å². The summed E-state index contributed by atoms with van der Waals surface area (Å²) >= 11 is 1.30. The molecule has 0 aromatic carbocycles. The average molecular weight is 344 g/mol. The predicted octanol–water partition coefficient (Wildman–Crippen LogP) is 2.23. The van der Waals surface area contributed by atoms with E-state index in [0.717, 1.165) is 0 Å². The van der Waals surface area contributed by atoms with Crippen LogP contribution >= 0.6 is 22.6 Å². The van der Waals surface area contributed by atoms with E-state index in [9.17, 15) is 23.7 Å². The highest BCUT2D eigenvalue weighted by molar-refractivity contribution is 14.1. The van der Waals surface area contributed by atoms with Crippen LogP contribution in [-0.2, 0) is 0 Å². The molecule has 1 aromatic heterocycles. The van der Waals surface area contributed by atoms with Gasteiger partial charge in [-0.1, -0.05) is 0 Å². The lowest BCUT2D eigenvalue weighted by Crippen LogP contribution is -2.09. The quantitative estimate of drug-likeness (QED) is 0.516. The number of hydrogen-bond acceptors (Lipinski definition) is 4. The Balaban J connectivity index is 3.54. The van der Waals surface area contributed by atoms with Crippen molar-refractivity contribution >= 4 is 34.2 Å². The number of carboxylic acids is 1. The molecule has 0 aliphatic rings. The Morgan fingerprint density at radius 3 is 2.56 bits per heavy atom. The van der Waals surface area contributed by atoms with E-state index in [1.54, 1.807) is 0 Å². The van der Waals surface area contributed by atoms with Crippen LogP contribution in [0.1, 0.15) is 22.5 Å². The maximum absolute atomic E-state index is 12.6. The summed E-state index contributed by atoms with van der Waals surface area (Å²) in [5, 5.41) is 19.1. The second-order valence-electron chi connectivity index (χ2n) is 2.58. The molecule has 0 fully saturated rings. The van der Waals surface area contributed by atoms with Gasteiger partial charge in [0, 0.05) is 0 Å². The lowest BCUT2D eigenvalue weighted by Gasteiger charge is -2.06. The lowest BCUT2D eigenvalue weighted by molar-refractivity contribution is -0.386. The molecule has 0 radical (unpaired) electrons. The van der Waals surface area contributed by atoms with E-state index in [1.807, 2.05) is 0 Å². The van der Waals surface area contributed by atoms with E-state index >= 15 is 0 Å². The van der Waals surface area contributed by atoms with Gasteiger partial charge in [-0.15, -0.1) is 0 Å². The molecule has 86 valence electrons. The molecule has 1 aromatic rings. The van der Waals surface area contributed by atoms with Gasteiger partial charge >= 0.3 is 5.97 Å². The van der Waals surface area contributed by atoms with Crippen LogP contribution in [0, 0.1) is 13.7 Å². The first-order chi connectivity index (χ1) is 7.36. The third-order valence-corrected chi connectivity index (χ3v) is 2.75. The van der Waals surface area contributed by atoms with Gasteiger partial charge in [-0.2, -0.15) is 0 Å². The fraction of sp³-hybridized carbons (Fsp3) is 0.143. The van der Waals surface area contributed by atoms with Crippen LogP contribution in [-0.4, -0.2) is 21.0 Å². The molecule has 1 N–H and O–H groups in total. The van der Waals surface area contributed by atoms with Crippen molar-refractivity contribution in [1.29, 1.82) is 0 Å². The smallest absolute Gasteiger partial charge is 0.355 e. The maximum atomic E-state index is 12.6. The minimum Gasteiger partial charge on any atom is -0.476 e. The topological polar surface area (TPSA) is 93.3 Å². The molecule has 0 aliphatic carbocycles. The molecule has 0 bridgehead atoms. The van der Waals surface area contributed by atoms with Crippen molar-refractivity contribution in [3.05, 3.63) is 31.1 Å². The third-order valence-electron chi connectivity index (χ3n) is 1.65. The summed E-state index contributed by atoms with van der Waals surface area (Å²) in [5.41, 5.74) is -2.43. The van der Waals surface area contributed by atoms with E-state index in [4.69, 9.17) is 5.11 Å². The Bertz CT molecular complexity index is 466. The zero-order valence-corrected chi connectivity index (χ0v) is 9.51. The molecule has 0 unspecified atom stereocenters. The van der Waals surface area contributed by atoms with Gasteiger partial charge in [0.1, 0.15) is 11.8 Å². The van der Waals surface area contributed by atoms with Crippen molar-refractivity contribution in [2.24, 2.45) is 0 Å². The monoisotopic (exact) mass is 344 g/mol. The fourth-order valence-electron chi connectivity index (χ4n) is 0.994. The zero-order valence-electron chi connectivity index (χ0n) is 7.35. The van der Waals surface area contributed by atoms with Gasteiger partial charge in [-0.3, -0.25) is 10.1 Å². The minimum atomic E-state index is -3.13. The van der Waals surface area contributed by atoms with Crippen LogP contribution in [0.4, 0.5) is 14.5 Å². The molecule has 0 amide bonds. The molecule has 0 aliphatic heterocycles. The average Bonchev–Trinajstić information content (AvgIpc) is 2.15. The number of nitro groups is 1. The van der Waals surface area contributed by atoms with E-state index in [-0.39, 0.29) is 0 Å². The van der Waals surface area contributed by atoms with Gasteiger partial charge in [0.25, 0.3) is 12.1 Å². The van der Waals surface area contributed by atoms with Crippen LogP contribution in [0.15, 0.2) is 6.20 Å². The minimum absolute atomic E-state index is 0.422. The second-order valence-corrected chi connectivity index (χ2v) is 3.66. The van der Waals surface area contributed by atoms with E-state index < -0.39 is 37.8 Å². The molecular weight excluding hydrogens is 341 g/mol. The summed E-state index contributed by atoms with van der Waals surface area (Å²) in [6, 6.07) is 0. The third kappa shape index (κ3) is 2.23. The Labute approximate surface area is 101 Å². The van der Waals surface area contributed by atoms with Gasteiger partial charge in [-0.25, -0.2) is 18.6 Å². The number of nitrogens with zero attached hydrogens (tertiary/aromatic N) is 2. The number of aromatic carboxylic acids is 1. The maximum Gasteiger partial charge on any atom is 0.355 e. The van der Waals surface area contributed by atoms with Gasteiger partial charge in [-0.05, 0) is 22.6 Å². The number of halogens is 3. The highest BCUT2D eigenvalue weighted by Gasteiger charge is 2.29.